The van der Waals surface area contributed by atoms with E-state index >= 15 is 0 Å². The molecule has 1 aliphatic rings. The van der Waals surface area contributed by atoms with Crippen LogP contribution in [0.3, 0.4) is 0 Å². The molecule has 0 saturated heterocycles. The normalized spacial score (nSPS) is 19.9. The van der Waals surface area contributed by atoms with Gasteiger partial charge >= 0.3 is 0 Å². The van der Waals surface area contributed by atoms with Gasteiger partial charge in [-0.3, -0.25) is 9.59 Å². The van der Waals surface area contributed by atoms with Crippen LogP contribution in [-0.4, -0.2) is 11.7 Å². The average molecular weight is 271 g/mol. The number of nitrogens with zero attached hydrogens (tertiary/aromatic N) is 2. The number of amides is 1. The Balaban J connectivity index is 2.73. The number of benzene rings is 1. The van der Waals surface area contributed by atoms with E-state index in [0.29, 0.717) is 5.69 Å². The third kappa shape index (κ3) is 1.83. The third-order valence-electron chi connectivity index (χ3n) is 3.39. The van der Waals surface area contributed by atoms with Crippen LogP contribution in [0, 0.1) is 34.4 Å². The highest BCUT2D eigenvalue weighted by molar-refractivity contribution is 6.09. The molecule has 1 atom stereocenters. The fraction of sp³-hybridized carbons (Fsp3) is 0.286. The molecule has 0 aliphatic carbocycles. The number of Topliss-reactive ketones (excluding diaryl/α,β-unsaturated/α-hetero) is 1. The number of hydrogen-bond donors (Lipinski definition) is 1. The molecular weight excluding hydrogens is 261 g/mol. The molecule has 1 aromatic rings. The van der Waals surface area contributed by atoms with Crippen LogP contribution in [0.2, 0.25) is 0 Å². The summed E-state index contributed by atoms with van der Waals surface area (Å²) in [4.78, 5) is 23.8. The van der Waals surface area contributed by atoms with Gasteiger partial charge in [0, 0.05) is 12.1 Å². The first kappa shape index (κ1) is 13.7. The number of nitrogens with one attached hydrogen (secondary N) is 1. The number of ketones is 1. The Kier molecular flexibility index (Phi) is 3.25. The number of hydrogen-bond acceptors (Lipinski definition) is 4. The second-order valence-electron chi connectivity index (χ2n) is 4.69. The molecule has 1 aromatic carbocycles. The summed E-state index contributed by atoms with van der Waals surface area (Å²) in [5.41, 5.74) is -1.13. The fourth-order valence-corrected chi connectivity index (χ4v) is 2.56. The lowest BCUT2D eigenvalue weighted by molar-refractivity contribution is -0.127. The Morgan fingerprint density at radius 3 is 2.65 bits per heavy atom. The van der Waals surface area contributed by atoms with E-state index in [-0.39, 0.29) is 17.8 Å². The van der Waals surface area contributed by atoms with Crippen LogP contribution in [0.4, 0.5) is 10.1 Å². The summed E-state index contributed by atoms with van der Waals surface area (Å²) in [7, 11) is 0. The molecule has 1 heterocycles. The summed E-state index contributed by atoms with van der Waals surface area (Å²) in [6.45, 7) is 1.26. The molecule has 1 aliphatic heterocycles. The van der Waals surface area contributed by atoms with Gasteiger partial charge in [0.15, 0.2) is 5.92 Å². The van der Waals surface area contributed by atoms with E-state index in [0.717, 1.165) is 12.1 Å². The Morgan fingerprint density at radius 2 is 2.10 bits per heavy atom. The van der Waals surface area contributed by atoms with Crippen molar-refractivity contribution in [2.24, 2.45) is 5.92 Å². The highest BCUT2D eigenvalue weighted by Crippen LogP contribution is 2.45. The maximum atomic E-state index is 13.5. The zero-order valence-corrected chi connectivity index (χ0v) is 10.6. The lowest BCUT2D eigenvalue weighted by Crippen LogP contribution is -2.42. The summed E-state index contributed by atoms with van der Waals surface area (Å²) in [6.07, 6.45) is -0.318. The number of halogens is 1. The number of anilines is 1. The number of carbonyl (C=O) groups is 2. The Labute approximate surface area is 114 Å². The molecule has 5 nitrogen and oxygen atoms in total. The Bertz CT molecular complexity index is 673. The van der Waals surface area contributed by atoms with Crippen LogP contribution in [0.15, 0.2) is 18.2 Å². The minimum Gasteiger partial charge on any atom is -0.325 e. The summed E-state index contributed by atoms with van der Waals surface area (Å²) < 4.78 is 13.5. The molecule has 0 fully saturated rings. The molecule has 20 heavy (non-hydrogen) atoms. The minimum atomic E-state index is -1.65. The van der Waals surface area contributed by atoms with Crippen molar-refractivity contribution in [3.8, 4) is 12.1 Å². The van der Waals surface area contributed by atoms with E-state index in [4.69, 9.17) is 10.5 Å². The van der Waals surface area contributed by atoms with Crippen LogP contribution in [0.1, 0.15) is 18.9 Å². The third-order valence-corrected chi connectivity index (χ3v) is 3.39. The lowest BCUT2D eigenvalue weighted by Gasteiger charge is -2.26. The van der Waals surface area contributed by atoms with E-state index in [2.05, 4.69) is 5.32 Å². The van der Waals surface area contributed by atoms with Crippen molar-refractivity contribution in [1.82, 2.24) is 0 Å². The first-order chi connectivity index (χ1) is 9.45. The standard InChI is InChI=1S/C14H10FN3O2/c1-8(19)5-14(9(6-16)7-17)11-4-10(15)2-3-12(11)18-13(14)20/h2-4,9H,5H2,1H3,(H,18,20). The SMILES string of the molecule is CC(=O)CC1(C(C#N)C#N)C(=O)Nc2ccc(F)cc21. The van der Waals surface area contributed by atoms with Crippen molar-refractivity contribution in [2.75, 3.05) is 5.32 Å². The van der Waals surface area contributed by atoms with Crippen molar-refractivity contribution in [3.63, 3.8) is 0 Å². The highest BCUT2D eigenvalue weighted by Gasteiger charge is 2.54. The first-order valence-electron chi connectivity index (χ1n) is 5.86. The summed E-state index contributed by atoms with van der Waals surface area (Å²) >= 11 is 0. The predicted molar refractivity (Wildman–Crippen MR) is 66.7 cm³/mol. The Hall–Kier alpha value is -2.73. The van der Waals surface area contributed by atoms with Gasteiger partial charge in [0.1, 0.15) is 17.0 Å². The zero-order valence-electron chi connectivity index (χ0n) is 10.6. The molecule has 0 saturated carbocycles. The van der Waals surface area contributed by atoms with Gasteiger partial charge in [-0.15, -0.1) is 0 Å². The molecule has 6 heteroatoms. The maximum absolute atomic E-state index is 13.5. The number of nitriles is 2. The smallest absolute Gasteiger partial charge is 0.238 e. The van der Waals surface area contributed by atoms with E-state index in [1.54, 1.807) is 12.1 Å². The summed E-state index contributed by atoms with van der Waals surface area (Å²) in [5, 5.41) is 20.7. The van der Waals surface area contributed by atoms with Crippen molar-refractivity contribution < 1.29 is 14.0 Å². The molecular formula is C14H10FN3O2. The summed E-state index contributed by atoms with van der Waals surface area (Å²) in [5.74, 6) is -2.94. The number of carbonyl (C=O) groups excluding carboxylic acids is 2. The van der Waals surface area contributed by atoms with Crippen molar-refractivity contribution in [2.45, 2.75) is 18.8 Å². The fourth-order valence-electron chi connectivity index (χ4n) is 2.56. The van der Waals surface area contributed by atoms with Crippen LogP contribution in [0.25, 0.3) is 0 Å². The number of fused-ring (bicyclic) bond motifs is 1. The second-order valence-corrected chi connectivity index (χ2v) is 4.69. The molecule has 0 aromatic heterocycles. The van der Waals surface area contributed by atoms with Gasteiger partial charge in [-0.05, 0) is 30.7 Å². The van der Waals surface area contributed by atoms with Gasteiger partial charge in [0.25, 0.3) is 0 Å². The predicted octanol–water partition coefficient (Wildman–Crippen LogP) is 1.66. The van der Waals surface area contributed by atoms with Gasteiger partial charge in [0.2, 0.25) is 5.91 Å². The monoisotopic (exact) mass is 271 g/mol. The average Bonchev–Trinajstić information content (AvgIpc) is 2.64. The van der Waals surface area contributed by atoms with Crippen LogP contribution < -0.4 is 5.32 Å². The largest absolute Gasteiger partial charge is 0.325 e. The van der Waals surface area contributed by atoms with E-state index in [9.17, 15) is 14.0 Å². The van der Waals surface area contributed by atoms with Gasteiger partial charge in [0.05, 0.1) is 12.1 Å². The molecule has 100 valence electrons. The highest BCUT2D eigenvalue weighted by atomic mass is 19.1. The van der Waals surface area contributed by atoms with Gasteiger partial charge < -0.3 is 5.32 Å². The van der Waals surface area contributed by atoms with E-state index in [1.165, 1.54) is 13.0 Å². The first-order valence-corrected chi connectivity index (χ1v) is 5.86. The quantitative estimate of drug-likeness (QED) is 0.904. The minimum absolute atomic E-state index is 0.186. The van der Waals surface area contributed by atoms with Gasteiger partial charge in [-0.1, -0.05) is 0 Å². The zero-order chi connectivity index (χ0) is 14.9. The molecule has 0 radical (unpaired) electrons. The van der Waals surface area contributed by atoms with Crippen molar-refractivity contribution in [3.05, 3.63) is 29.6 Å². The number of rotatable bonds is 3. The molecule has 0 bridgehead atoms. The molecule has 1 amide bonds. The van der Waals surface area contributed by atoms with Gasteiger partial charge in [-0.2, -0.15) is 10.5 Å². The van der Waals surface area contributed by atoms with Crippen LogP contribution in [0.5, 0.6) is 0 Å². The summed E-state index contributed by atoms with van der Waals surface area (Å²) in [6, 6.07) is 7.08. The topological polar surface area (TPSA) is 93.8 Å². The van der Waals surface area contributed by atoms with Crippen LogP contribution in [-0.2, 0) is 15.0 Å². The molecule has 1 N–H and O–H groups in total. The van der Waals surface area contributed by atoms with E-state index < -0.39 is 23.1 Å². The van der Waals surface area contributed by atoms with Gasteiger partial charge in [-0.25, -0.2) is 4.39 Å². The molecule has 1 unspecified atom stereocenters. The lowest BCUT2D eigenvalue weighted by atomic mass is 9.69. The van der Waals surface area contributed by atoms with Crippen molar-refractivity contribution in [1.29, 1.82) is 10.5 Å². The van der Waals surface area contributed by atoms with Crippen molar-refractivity contribution >= 4 is 17.4 Å². The molecule has 0 spiro atoms. The van der Waals surface area contributed by atoms with Crippen LogP contribution >= 0.6 is 0 Å². The second kappa shape index (κ2) is 4.75. The Morgan fingerprint density at radius 1 is 1.45 bits per heavy atom. The molecule has 2 rings (SSSR count). The maximum Gasteiger partial charge on any atom is 0.238 e. The van der Waals surface area contributed by atoms with E-state index in [1.807, 2.05) is 0 Å².